The third-order valence-electron chi connectivity index (χ3n) is 6.71. The van der Waals surface area contributed by atoms with Gasteiger partial charge in [0.15, 0.2) is 0 Å². The van der Waals surface area contributed by atoms with Crippen LogP contribution in [0.25, 0.3) is 10.1 Å². The Labute approximate surface area is 199 Å². The maximum Gasteiger partial charge on any atom is 0.227 e. The number of pyridine rings is 1. The lowest BCUT2D eigenvalue weighted by molar-refractivity contribution is -0.136. The lowest BCUT2D eigenvalue weighted by Gasteiger charge is -2.40. The molecule has 6 nitrogen and oxygen atoms in total. The predicted molar refractivity (Wildman–Crippen MR) is 136 cm³/mol. The van der Waals surface area contributed by atoms with Gasteiger partial charge in [0.25, 0.3) is 0 Å². The number of anilines is 2. The number of rotatable bonds is 5. The molecule has 2 aliphatic heterocycles. The average molecular weight is 465 g/mol. The molecule has 0 aliphatic carbocycles. The molecule has 2 fully saturated rings. The van der Waals surface area contributed by atoms with Crippen molar-refractivity contribution in [3.8, 4) is 5.75 Å². The smallest absolute Gasteiger partial charge is 0.227 e. The number of aromatic nitrogens is 1. The van der Waals surface area contributed by atoms with Crippen LogP contribution >= 0.6 is 11.3 Å². The Morgan fingerprint density at radius 2 is 1.94 bits per heavy atom. The molecule has 0 bridgehead atoms. The molecule has 0 saturated carbocycles. The van der Waals surface area contributed by atoms with E-state index in [0.29, 0.717) is 12.5 Å². The number of hydrogen-bond acceptors (Lipinski definition) is 6. The highest BCUT2D eigenvalue weighted by Crippen LogP contribution is 2.34. The van der Waals surface area contributed by atoms with E-state index >= 15 is 0 Å². The van der Waals surface area contributed by atoms with Gasteiger partial charge in [0.2, 0.25) is 5.91 Å². The number of para-hydroxylation sites is 2. The molecule has 1 amide bonds. The van der Waals surface area contributed by atoms with E-state index < -0.39 is 0 Å². The normalized spacial score (nSPS) is 19.2. The number of piperazine rings is 1. The molecule has 2 saturated heterocycles. The number of piperidine rings is 1. The van der Waals surface area contributed by atoms with E-state index in [9.17, 15) is 4.79 Å². The summed E-state index contributed by atoms with van der Waals surface area (Å²) in [6.45, 7) is 9.71. The quantitative estimate of drug-likeness (QED) is 0.554. The fraction of sp³-hybridized carbons (Fsp3) is 0.462. The van der Waals surface area contributed by atoms with Crippen LogP contribution in [-0.4, -0.2) is 61.7 Å². The van der Waals surface area contributed by atoms with Crippen molar-refractivity contribution in [2.24, 2.45) is 5.92 Å². The van der Waals surface area contributed by atoms with Crippen LogP contribution in [0.3, 0.4) is 0 Å². The van der Waals surface area contributed by atoms with Crippen LogP contribution in [0.5, 0.6) is 5.75 Å². The van der Waals surface area contributed by atoms with Crippen LogP contribution in [-0.2, 0) is 4.79 Å². The number of hydrogen-bond donors (Lipinski definition) is 0. The van der Waals surface area contributed by atoms with Crippen LogP contribution in [0, 0.1) is 12.8 Å². The largest absolute Gasteiger partial charge is 0.492 e. The number of thiophene rings is 1. The van der Waals surface area contributed by atoms with Gasteiger partial charge in [0, 0.05) is 60.4 Å². The number of benzene rings is 1. The van der Waals surface area contributed by atoms with Crippen molar-refractivity contribution in [3.05, 3.63) is 47.5 Å². The summed E-state index contributed by atoms with van der Waals surface area (Å²) < 4.78 is 7.09. The molecule has 5 rings (SSSR count). The minimum Gasteiger partial charge on any atom is -0.492 e. The van der Waals surface area contributed by atoms with Gasteiger partial charge in [0.05, 0.1) is 18.2 Å². The van der Waals surface area contributed by atoms with E-state index in [2.05, 4.69) is 45.9 Å². The molecule has 1 unspecified atom stereocenters. The van der Waals surface area contributed by atoms with Crippen molar-refractivity contribution in [1.29, 1.82) is 0 Å². The number of carbonyl (C=O) groups is 1. The van der Waals surface area contributed by atoms with Gasteiger partial charge in [-0.3, -0.25) is 4.79 Å². The number of carbonyl (C=O) groups excluding carboxylic acids is 1. The zero-order valence-electron chi connectivity index (χ0n) is 19.5. The average Bonchev–Trinajstić information content (AvgIpc) is 3.24. The molecule has 1 aromatic carbocycles. The molecule has 2 aliphatic rings. The molecule has 1 atom stereocenters. The zero-order valence-corrected chi connectivity index (χ0v) is 20.3. The lowest BCUT2D eigenvalue weighted by Crippen LogP contribution is -2.52. The first-order valence-corrected chi connectivity index (χ1v) is 12.8. The lowest BCUT2D eigenvalue weighted by atomic mass is 9.96. The van der Waals surface area contributed by atoms with E-state index in [-0.39, 0.29) is 5.92 Å². The van der Waals surface area contributed by atoms with Crippen LogP contribution < -0.4 is 14.5 Å². The zero-order chi connectivity index (χ0) is 22.8. The van der Waals surface area contributed by atoms with E-state index in [1.807, 2.05) is 25.3 Å². The van der Waals surface area contributed by atoms with Gasteiger partial charge in [-0.05, 0) is 51.0 Å². The summed E-state index contributed by atoms with van der Waals surface area (Å²) >= 11 is 1.81. The Morgan fingerprint density at radius 3 is 2.76 bits per heavy atom. The maximum atomic E-state index is 13.4. The van der Waals surface area contributed by atoms with Gasteiger partial charge in [-0.15, -0.1) is 11.3 Å². The van der Waals surface area contributed by atoms with Crippen LogP contribution in [0.15, 0.2) is 42.6 Å². The number of nitrogens with zero attached hydrogens (tertiary/aromatic N) is 4. The molecule has 0 radical (unpaired) electrons. The molecular formula is C26H32N4O2S. The Balaban J connectivity index is 1.24. The number of aryl methyl sites for hydroxylation is 1. The van der Waals surface area contributed by atoms with Crippen molar-refractivity contribution < 1.29 is 9.53 Å². The fourth-order valence-electron chi connectivity index (χ4n) is 5.12. The third-order valence-corrected chi connectivity index (χ3v) is 7.73. The molecule has 174 valence electrons. The summed E-state index contributed by atoms with van der Waals surface area (Å²) in [5, 5.41) is 1.22. The van der Waals surface area contributed by atoms with Crippen LogP contribution in [0.4, 0.5) is 11.5 Å². The molecular weight excluding hydrogens is 432 g/mol. The second-order valence-electron chi connectivity index (χ2n) is 8.90. The molecule has 33 heavy (non-hydrogen) atoms. The topological polar surface area (TPSA) is 48.9 Å². The third kappa shape index (κ3) is 4.51. The van der Waals surface area contributed by atoms with Crippen LogP contribution in [0.1, 0.15) is 24.6 Å². The number of fused-ring (bicyclic) bond motifs is 1. The molecule has 0 spiro atoms. The standard InChI is InChI=1S/C26H32N4O2S/c1-3-32-23-9-5-4-8-22(23)28-13-15-29(16-14-28)26(31)20-7-6-12-30(18-20)25-21-17-19(2)33-24(21)10-11-27-25/h4-5,8-11,17,20H,3,6-7,12-16,18H2,1-2H3. The van der Waals surface area contributed by atoms with Crippen molar-refractivity contribution >= 4 is 38.8 Å². The Morgan fingerprint density at radius 1 is 1.12 bits per heavy atom. The highest BCUT2D eigenvalue weighted by Gasteiger charge is 2.32. The summed E-state index contributed by atoms with van der Waals surface area (Å²) in [6.07, 6.45) is 3.89. The fourth-order valence-corrected chi connectivity index (χ4v) is 6.03. The highest BCUT2D eigenvalue weighted by atomic mass is 32.1. The highest BCUT2D eigenvalue weighted by molar-refractivity contribution is 7.19. The summed E-state index contributed by atoms with van der Waals surface area (Å²) in [5.74, 6) is 2.30. The maximum absolute atomic E-state index is 13.4. The Hall–Kier alpha value is -2.80. The molecule has 4 heterocycles. The summed E-state index contributed by atoms with van der Waals surface area (Å²) in [5.41, 5.74) is 1.13. The summed E-state index contributed by atoms with van der Waals surface area (Å²) in [6, 6.07) is 12.5. The number of ether oxygens (including phenoxy) is 1. The molecule has 0 N–H and O–H groups in total. The SMILES string of the molecule is CCOc1ccccc1N1CCN(C(=O)C2CCCN(c3nccc4sc(C)cc34)C2)CC1. The van der Waals surface area contributed by atoms with E-state index in [0.717, 1.165) is 69.4 Å². The minimum atomic E-state index is 0.0396. The van der Waals surface area contributed by atoms with Gasteiger partial charge in [-0.2, -0.15) is 0 Å². The number of amides is 1. The Bertz CT molecular complexity index is 1120. The van der Waals surface area contributed by atoms with Gasteiger partial charge < -0.3 is 19.4 Å². The predicted octanol–water partition coefficient (Wildman–Crippen LogP) is 4.57. The monoisotopic (exact) mass is 464 g/mol. The van der Waals surface area contributed by atoms with Crippen molar-refractivity contribution in [1.82, 2.24) is 9.88 Å². The van der Waals surface area contributed by atoms with Gasteiger partial charge in [-0.1, -0.05) is 12.1 Å². The van der Waals surface area contributed by atoms with Gasteiger partial charge >= 0.3 is 0 Å². The second kappa shape index (κ2) is 9.59. The van der Waals surface area contributed by atoms with Crippen molar-refractivity contribution in [3.63, 3.8) is 0 Å². The Kier molecular flexibility index (Phi) is 6.40. The summed E-state index contributed by atoms with van der Waals surface area (Å²) in [7, 11) is 0. The molecule has 3 aromatic rings. The van der Waals surface area contributed by atoms with Crippen LogP contribution in [0.2, 0.25) is 0 Å². The first-order chi connectivity index (χ1) is 16.1. The van der Waals surface area contributed by atoms with Crippen molar-refractivity contribution in [2.75, 3.05) is 55.7 Å². The van der Waals surface area contributed by atoms with Gasteiger partial charge in [-0.25, -0.2) is 4.98 Å². The first-order valence-electron chi connectivity index (χ1n) is 12.0. The van der Waals surface area contributed by atoms with E-state index in [1.165, 1.54) is 15.0 Å². The van der Waals surface area contributed by atoms with E-state index in [4.69, 9.17) is 9.72 Å². The van der Waals surface area contributed by atoms with Gasteiger partial charge in [0.1, 0.15) is 11.6 Å². The first kappa shape index (κ1) is 22.0. The summed E-state index contributed by atoms with van der Waals surface area (Å²) in [4.78, 5) is 26.2. The molecule has 2 aromatic heterocycles. The second-order valence-corrected chi connectivity index (χ2v) is 10.2. The van der Waals surface area contributed by atoms with Crippen molar-refractivity contribution in [2.45, 2.75) is 26.7 Å². The van der Waals surface area contributed by atoms with E-state index in [1.54, 1.807) is 11.3 Å². The minimum absolute atomic E-state index is 0.0396. The molecule has 7 heteroatoms.